The van der Waals surface area contributed by atoms with Gasteiger partial charge in [-0.3, -0.25) is 9.69 Å². The molecule has 23 heavy (non-hydrogen) atoms. The second-order valence-corrected chi connectivity index (χ2v) is 6.61. The van der Waals surface area contributed by atoms with Crippen molar-refractivity contribution in [2.75, 3.05) is 24.5 Å². The normalized spacial score (nSPS) is 18.4. The van der Waals surface area contributed by atoms with Gasteiger partial charge in [0.1, 0.15) is 0 Å². The van der Waals surface area contributed by atoms with Crippen molar-refractivity contribution in [2.24, 2.45) is 0 Å². The molecule has 0 N–H and O–H groups in total. The molecule has 1 heterocycles. The number of rotatable bonds is 5. The Morgan fingerprint density at radius 2 is 2.26 bits per heavy atom. The van der Waals surface area contributed by atoms with E-state index >= 15 is 0 Å². The van der Waals surface area contributed by atoms with Crippen LogP contribution in [0, 0.1) is 18.3 Å². The lowest BCUT2D eigenvalue weighted by molar-refractivity contribution is -0.120. The van der Waals surface area contributed by atoms with E-state index in [4.69, 9.17) is 16.9 Å². The maximum Gasteiger partial charge on any atom is 0.241 e. The monoisotopic (exact) mass is 333 g/mol. The van der Waals surface area contributed by atoms with Crippen LogP contribution >= 0.6 is 11.6 Å². The zero-order chi connectivity index (χ0) is 16.8. The van der Waals surface area contributed by atoms with Gasteiger partial charge >= 0.3 is 0 Å². The molecule has 0 bridgehead atoms. The summed E-state index contributed by atoms with van der Waals surface area (Å²) in [6.45, 7) is 5.90. The van der Waals surface area contributed by atoms with E-state index in [1.807, 2.05) is 25.1 Å². The molecule has 0 saturated carbocycles. The molecule has 1 saturated heterocycles. The third-order valence-electron chi connectivity index (χ3n) is 4.48. The van der Waals surface area contributed by atoms with Gasteiger partial charge in [-0.1, -0.05) is 18.0 Å². The number of nitrogens with zero attached hydrogens (tertiary/aromatic N) is 3. The minimum atomic E-state index is 0.0516. The first-order valence-electron chi connectivity index (χ1n) is 8.20. The second kappa shape index (κ2) is 8.33. The van der Waals surface area contributed by atoms with Gasteiger partial charge < -0.3 is 4.90 Å². The van der Waals surface area contributed by atoms with Crippen molar-refractivity contribution in [2.45, 2.75) is 45.6 Å². The zero-order valence-corrected chi connectivity index (χ0v) is 14.6. The fraction of sp³-hybridized carbons (Fsp3) is 0.556. The summed E-state index contributed by atoms with van der Waals surface area (Å²) in [6.07, 6.45) is 3.85. The fourth-order valence-electron chi connectivity index (χ4n) is 3.01. The molecule has 1 fully saturated rings. The van der Waals surface area contributed by atoms with E-state index < -0.39 is 0 Å². The largest absolute Gasteiger partial charge is 0.310 e. The smallest absolute Gasteiger partial charge is 0.241 e. The summed E-state index contributed by atoms with van der Waals surface area (Å²) in [4.78, 5) is 16.8. The van der Waals surface area contributed by atoms with E-state index in [0.717, 1.165) is 30.6 Å². The van der Waals surface area contributed by atoms with E-state index in [9.17, 15) is 4.79 Å². The number of carbonyl (C=O) groups is 1. The number of anilines is 1. The molecule has 1 aliphatic heterocycles. The molecule has 1 atom stereocenters. The van der Waals surface area contributed by atoms with Gasteiger partial charge in [0.2, 0.25) is 5.91 Å². The summed E-state index contributed by atoms with van der Waals surface area (Å²) in [5.74, 6) is 0.0516. The second-order valence-electron chi connectivity index (χ2n) is 6.20. The van der Waals surface area contributed by atoms with E-state index in [1.165, 1.54) is 6.42 Å². The molecule has 1 amide bonds. The average molecular weight is 334 g/mol. The molecule has 0 radical (unpaired) electrons. The Labute approximate surface area is 143 Å². The predicted octanol–water partition coefficient (Wildman–Crippen LogP) is 3.77. The van der Waals surface area contributed by atoms with Crippen molar-refractivity contribution in [1.82, 2.24) is 4.90 Å². The molecule has 0 aliphatic carbocycles. The van der Waals surface area contributed by atoms with Crippen LogP contribution in [-0.4, -0.2) is 36.5 Å². The van der Waals surface area contributed by atoms with Crippen LogP contribution in [0.2, 0.25) is 5.02 Å². The van der Waals surface area contributed by atoms with Crippen molar-refractivity contribution in [3.8, 4) is 6.07 Å². The van der Waals surface area contributed by atoms with Crippen molar-refractivity contribution in [3.05, 3.63) is 28.8 Å². The fourth-order valence-corrected chi connectivity index (χ4v) is 3.13. The highest BCUT2D eigenvalue weighted by atomic mass is 35.5. The Hall–Kier alpha value is -1.57. The number of amides is 1. The maximum atomic E-state index is 12.8. The molecule has 1 unspecified atom stereocenters. The molecular weight excluding hydrogens is 310 g/mol. The van der Waals surface area contributed by atoms with E-state index in [2.05, 4.69) is 17.9 Å². The molecule has 0 aromatic heterocycles. The Kier molecular flexibility index (Phi) is 6.44. The van der Waals surface area contributed by atoms with E-state index in [0.29, 0.717) is 30.6 Å². The molecule has 124 valence electrons. The first-order valence-corrected chi connectivity index (χ1v) is 8.58. The Balaban J connectivity index is 2.14. The number of halogens is 1. The molecule has 0 spiro atoms. The Morgan fingerprint density at radius 1 is 1.48 bits per heavy atom. The minimum Gasteiger partial charge on any atom is -0.310 e. The van der Waals surface area contributed by atoms with Crippen LogP contribution in [0.25, 0.3) is 0 Å². The van der Waals surface area contributed by atoms with Crippen molar-refractivity contribution < 1.29 is 4.79 Å². The highest BCUT2D eigenvalue weighted by molar-refractivity contribution is 6.31. The van der Waals surface area contributed by atoms with Gasteiger partial charge in [0.25, 0.3) is 0 Å². The summed E-state index contributed by atoms with van der Waals surface area (Å²) in [5.41, 5.74) is 1.75. The van der Waals surface area contributed by atoms with Gasteiger partial charge in [-0.05, 0) is 57.0 Å². The van der Waals surface area contributed by atoms with Crippen LogP contribution in [-0.2, 0) is 4.79 Å². The minimum absolute atomic E-state index is 0.0516. The van der Waals surface area contributed by atoms with Crippen LogP contribution in [0.5, 0.6) is 0 Å². The van der Waals surface area contributed by atoms with Crippen molar-refractivity contribution in [1.29, 1.82) is 5.26 Å². The zero-order valence-electron chi connectivity index (χ0n) is 13.9. The molecule has 1 aliphatic rings. The van der Waals surface area contributed by atoms with E-state index in [-0.39, 0.29) is 5.91 Å². The van der Waals surface area contributed by atoms with Gasteiger partial charge in [-0.2, -0.15) is 5.26 Å². The number of aryl methyl sites for hydroxylation is 1. The summed E-state index contributed by atoms with van der Waals surface area (Å²) in [5, 5.41) is 9.57. The number of piperidine rings is 1. The lowest BCUT2D eigenvalue weighted by atomic mass is 10.0. The number of hydrogen-bond acceptors (Lipinski definition) is 3. The highest BCUT2D eigenvalue weighted by Gasteiger charge is 2.24. The summed E-state index contributed by atoms with van der Waals surface area (Å²) in [6, 6.07) is 8.14. The molecule has 1 aromatic rings. The highest BCUT2D eigenvalue weighted by Crippen LogP contribution is 2.24. The molecule has 1 aromatic carbocycles. The van der Waals surface area contributed by atoms with Gasteiger partial charge in [-0.25, -0.2) is 0 Å². The molecule has 2 rings (SSSR count). The number of benzene rings is 1. The Bertz CT molecular complexity index is 596. The first-order chi connectivity index (χ1) is 11.0. The summed E-state index contributed by atoms with van der Waals surface area (Å²) < 4.78 is 0. The predicted molar refractivity (Wildman–Crippen MR) is 93.7 cm³/mol. The van der Waals surface area contributed by atoms with Gasteiger partial charge in [0.05, 0.1) is 19.0 Å². The van der Waals surface area contributed by atoms with Crippen LogP contribution in [0.1, 0.15) is 38.2 Å². The molecule has 4 nitrogen and oxygen atoms in total. The van der Waals surface area contributed by atoms with E-state index in [1.54, 1.807) is 4.90 Å². The third kappa shape index (κ3) is 4.70. The van der Waals surface area contributed by atoms with Crippen LogP contribution in [0.15, 0.2) is 18.2 Å². The topological polar surface area (TPSA) is 47.3 Å². The molecule has 5 heteroatoms. The standard InChI is InChI=1S/C18H24ClN3O/c1-14-12-16(7-8-17(14)19)22(11-5-9-20)18(23)13-21-10-4-3-6-15(21)2/h7-8,12,15H,3-6,10-11,13H2,1-2H3. The number of carbonyl (C=O) groups excluding carboxylic acids is 1. The first kappa shape index (κ1) is 17.8. The quantitative estimate of drug-likeness (QED) is 0.824. The Morgan fingerprint density at radius 3 is 2.91 bits per heavy atom. The SMILES string of the molecule is Cc1cc(N(CCC#N)C(=O)CN2CCCCC2C)ccc1Cl. The number of hydrogen-bond donors (Lipinski definition) is 0. The van der Waals surface area contributed by atoms with Crippen molar-refractivity contribution in [3.63, 3.8) is 0 Å². The van der Waals surface area contributed by atoms with Crippen molar-refractivity contribution >= 4 is 23.2 Å². The maximum absolute atomic E-state index is 12.8. The third-order valence-corrected chi connectivity index (χ3v) is 4.90. The van der Waals surface area contributed by atoms with Crippen LogP contribution in [0.3, 0.4) is 0 Å². The average Bonchev–Trinajstić information content (AvgIpc) is 2.53. The lowest BCUT2D eigenvalue weighted by Crippen LogP contribution is -2.46. The van der Waals surface area contributed by atoms with Gasteiger partial charge in [-0.15, -0.1) is 0 Å². The summed E-state index contributed by atoms with van der Waals surface area (Å²) >= 11 is 6.08. The van der Waals surface area contributed by atoms with Crippen LogP contribution in [0.4, 0.5) is 5.69 Å². The van der Waals surface area contributed by atoms with Gasteiger partial charge in [0, 0.05) is 23.3 Å². The van der Waals surface area contributed by atoms with Gasteiger partial charge in [0.15, 0.2) is 0 Å². The molecular formula is C18H24ClN3O. The number of likely N-dealkylation sites (tertiary alicyclic amines) is 1. The lowest BCUT2D eigenvalue weighted by Gasteiger charge is -2.34. The summed E-state index contributed by atoms with van der Waals surface area (Å²) in [7, 11) is 0. The number of nitriles is 1. The van der Waals surface area contributed by atoms with Crippen LogP contribution < -0.4 is 4.90 Å².